The lowest BCUT2D eigenvalue weighted by atomic mass is 9.91. The molecule has 0 radical (unpaired) electrons. The summed E-state index contributed by atoms with van der Waals surface area (Å²) in [5.74, 6) is 0.244. The first-order chi connectivity index (χ1) is 7.14. The van der Waals surface area contributed by atoms with Gasteiger partial charge in [0, 0.05) is 13.0 Å². The van der Waals surface area contributed by atoms with E-state index < -0.39 is 5.60 Å². The van der Waals surface area contributed by atoms with E-state index in [1.807, 2.05) is 13.8 Å². The molecule has 0 aromatic heterocycles. The highest BCUT2D eigenvalue weighted by Gasteiger charge is 2.41. The van der Waals surface area contributed by atoms with E-state index >= 15 is 0 Å². The summed E-state index contributed by atoms with van der Waals surface area (Å²) in [6, 6.07) is 0. The molecular formula is C13H22O2. The van der Waals surface area contributed by atoms with E-state index in [-0.39, 0.29) is 5.78 Å². The van der Waals surface area contributed by atoms with Gasteiger partial charge in [0.2, 0.25) is 0 Å². The monoisotopic (exact) mass is 210 g/mol. The number of allylic oxidation sites excluding steroid dienone is 1. The highest BCUT2D eigenvalue weighted by molar-refractivity contribution is 5.89. The molecule has 0 atom stereocenters. The van der Waals surface area contributed by atoms with E-state index in [4.69, 9.17) is 4.74 Å². The summed E-state index contributed by atoms with van der Waals surface area (Å²) in [4.78, 5) is 12.1. The van der Waals surface area contributed by atoms with Gasteiger partial charge in [0.05, 0.1) is 0 Å². The number of Topliss-reactive ketones (excluding diaryl/α,β-unsaturated/α-hetero) is 1. The van der Waals surface area contributed by atoms with Crippen molar-refractivity contribution in [3.8, 4) is 0 Å². The molecule has 0 aromatic carbocycles. The molecule has 0 heterocycles. The van der Waals surface area contributed by atoms with Crippen molar-refractivity contribution in [3.05, 3.63) is 12.2 Å². The van der Waals surface area contributed by atoms with E-state index in [1.165, 1.54) is 0 Å². The van der Waals surface area contributed by atoms with E-state index in [1.54, 1.807) is 0 Å². The standard InChI is InChI=1S/C13H22O2/c1-4-11(3)10-12(14)13(15-5-2)8-6-7-9-13/h3-10H2,1-2H3. The van der Waals surface area contributed by atoms with Crippen molar-refractivity contribution in [1.29, 1.82) is 0 Å². The molecule has 1 fully saturated rings. The molecule has 0 saturated heterocycles. The van der Waals surface area contributed by atoms with Crippen LogP contribution in [0.1, 0.15) is 52.4 Å². The van der Waals surface area contributed by atoms with Gasteiger partial charge in [0.25, 0.3) is 0 Å². The minimum Gasteiger partial charge on any atom is -0.367 e. The molecule has 1 saturated carbocycles. The van der Waals surface area contributed by atoms with Crippen molar-refractivity contribution < 1.29 is 9.53 Å². The Labute approximate surface area is 92.7 Å². The lowest BCUT2D eigenvalue weighted by molar-refractivity contribution is -0.142. The Morgan fingerprint density at radius 2 is 1.93 bits per heavy atom. The third-order valence-corrected chi connectivity index (χ3v) is 3.25. The molecule has 1 aliphatic rings. The van der Waals surface area contributed by atoms with Gasteiger partial charge >= 0.3 is 0 Å². The fraction of sp³-hybridized carbons (Fsp3) is 0.769. The molecule has 0 N–H and O–H groups in total. The lowest BCUT2D eigenvalue weighted by Crippen LogP contribution is -2.39. The first-order valence-electron chi connectivity index (χ1n) is 5.98. The van der Waals surface area contributed by atoms with Gasteiger partial charge in [-0.1, -0.05) is 19.1 Å². The van der Waals surface area contributed by atoms with Crippen molar-refractivity contribution in [1.82, 2.24) is 0 Å². The first kappa shape index (κ1) is 12.4. The van der Waals surface area contributed by atoms with E-state index in [9.17, 15) is 4.79 Å². The maximum atomic E-state index is 12.1. The number of hydrogen-bond acceptors (Lipinski definition) is 2. The summed E-state index contributed by atoms with van der Waals surface area (Å²) < 4.78 is 5.71. The summed E-state index contributed by atoms with van der Waals surface area (Å²) in [6.45, 7) is 8.53. The normalized spacial score (nSPS) is 19.1. The Hall–Kier alpha value is -0.630. The zero-order chi connectivity index (χ0) is 11.3. The molecule has 0 amide bonds. The Morgan fingerprint density at radius 3 is 2.40 bits per heavy atom. The van der Waals surface area contributed by atoms with Crippen molar-refractivity contribution in [3.63, 3.8) is 0 Å². The highest BCUT2D eigenvalue weighted by Crippen LogP contribution is 2.35. The summed E-state index contributed by atoms with van der Waals surface area (Å²) in [6.07, 6.45) is 5.41. The molecular weight excluding hydrogens is 188 g/mol. The second-order valence-electron chi connectivity index (χ2n) is 4.34. The summed E-state index contributed by atoms with van der Waals surface area (Å²) in [5.41, 5.74) is 0.554. The second-order valence-corrected chi connectivity index (χ2v) is 4.34. The van der Waals surface area contributed by atoms with Gasteiger partial charge in [-0.2, -0.15) is 0 Å². The number of carbonyl (C=O) groups excluding carboxylic acids is 1. The topological polar surface area (TPSA) is 26.3 Å². The molecule has 0 unspecified atom stereocenters. The van der Waals surface area contributed by atoms with Crippen molar-refractivity contribution in [2.75, 3.05) is 6.61 Å². The molecule has 15 heavy (non-hydrogen) atoms. The fourth-order valence-corrected chi connectivity index (χ4v) is 2.24. The van der Waals surface area contributed by atoms with Gasteiger partial charge in [0.1, 0.15) is 5.60 Å². The third-order valence-electron chi connectivity index (χ3n) is 3.25. The minimum atomic E-state index is -0.465. The van der Waals surface area contributed by atoms with Crippen LogP contribution in [0.5, 0.6) is 0 Å². The number of ether oxygens (including phenoxy) is 1. The molecule has 2 nitrogen and oxygen atoms in total. The molecule has 0 aromatic rings. The van der Waals surface area contributed by atoms with Gasteiger partial charge in [-0.05, 0) is 39.0 Å². The molecule has 0 bridgehead atoms. The largest absolute Gasteiger partial charge is 0.367 e. The zero-order valence-corrected chi connectivity index (χ0v) is 9.97. The van der Waals surface area contributed by atoms with Gasteiger partial charge in [-0.3, -0.25) is 4.79 Å². The van der Waals surface area contributed by atoms with E-state index in [0.29, 0.717) is 13.0 Å². The highest BCUT2D eigenvalue weighted by atomic mass is 16.5. The van der Waals surface area contributed by atoms with Crippen LogP contribution in [0.25, 0.3) is 0 Å². The van der Waals surface area contributed by atoms with Crippen molar-refractivity contribution >= 4 is 5.78 Å². The smallest absolute Gasteiger partial charge is 0.168 e. The average molecular weight is 210 g/mol. The maximum absolute atomic E-state index is 12.1. The first-order valence-corrected chi connectivity index (χ1v) is 5.98. The average Bonchev–Trinajstić information content (AvgIpc) is 2.68. The van der Waals surface area contributed by atoms with Crippen LogP contribution in [0.4, 0.5) is 0 Å². The van der Waals surface area contributed by atoms with Crippen LogP contribution in [0, 0.1) is 0 Å². The van der Waals surface area contributed by atoms with Gasteiger partial charge in [-0.25, -0.2) is 0 Å². The Kier molecular flexibility index (Phi) is 4.52. The van der Waals surface area contributed by atoms with Crippen LogP contribution in [-0.2, 0) is 9.53 Å². The number of ketones is 1. The van der Waals surface area contributed by atoms with Crippen LogP contribution in [0.2, 0.25) is 0 Å². The second kappa shape index (κ2) is 5.45. The Morgan fingerprint density at radius 1 is 1.33 bits per heavy atom. The molecule has 86 valence electrons. The SMILES string of the molecule is C=C(CC)CC(=O)C1(OCC)CCCC1. The van der Waals surface area contributed by atoms with Crippen LogP contribution >= 0.6 is 0 Å². The molecule has 0 spiro atoms. The number of hydrogen-bond donors (Lipinski definition) is 0. The van der Waals surface area contributed by atoms with E-state index in [2.05, 4.69) is 6.58 Å². The van der Waals surface area contributed by atoms with Crippen LogP contribution < -0.4 is 0 Å². The molecule has 1 rings (SSSR count). The fourth-order valence-electron chi connectivity index (χ4n) is 2.24. The summed E-state index contributed by atoms with van der Waals surface area (Å²) in [7, 11) is 0. The number of rotatable bonds is 6. The van der Waals surface area contributed by atoms with Gasteiger partial charge in [0.15, 0.2) is 5.78 Å². The Balaban J connectivity index is 2.63. The third kappa shape index (κ3) is 2.91. The maximum Gasteiger partial charge on any atom is 0.168 e. The van der Waals surface area contributed by atoms with Crippen LogP contribution in [0.3, 0.4) is 0 Å². The Bertz CT molecular complexity index is 237. The number of carbonyl (C=O) groups is 1. The molecule has 0 aliphatic heterocycles. The predicted octanol–water partition coefficient (Wildman–Crippen LogP) is 3.26. The lowest BCUT2D eigenvalue weighted by Gasteiger charge is -2.27. The molecule has 2 heteroatoms. The minimum absolute atomic E-state index is 0.244. The quantitative estimate of drug-likeness (QED) is 0.629. The van der Waals surface area contributed by atoms with Crippen LogP contribution in [0.15, 0.2) is 12.2 Å². The van der Waals surface area contributed by atoms with E-state index in [0.717, 1.165) is 37.7 Å². The summed E-state index contributed by atoms with van der Waals surface area (Å²) in [5, 5.41) is 0. The predicted molar refractivity (Wildman–Crippen MR) is 61.9 cm³/mol. The zero-order valence-electron chi connectivity index (χ0n) is 9.97. The van der Waals surface area contributed by atoms with Gasteiger partial charge in [-0.15, -0.1) is 0 Å². The van der Waals surface area contributed by atoms with Gasteiger partial charge < -0.3 is 4.74 Å². The molecule has 1 aliphatic carbocycles. The van der Waals surface area contributed by atoms with Crippen molar-refractivity contribution in [2.45, 2.75) is 58.0 Å². The van der Waals surface area contributed by atoms with Crippen LogP contribution in [-0.4, -0.2) is 18.0 Å². The van der Waals surface area contributed by atoms with Crippen molar-refractivity contribution in [2.24, 2.45) is 0 Å². The summed E-state index contributed by atoms with van der Waals surface area (Å²) >= 11 is 0.